The Bertz CT molecular complexity index is 2560. The van der Waals surface area contributed by atoms with Gasteiger partial charge in [0.2, 0.25) is 5.95 Å². The molecule has 1 aliphatic rings. The van der Waals surface area contributed by atoms with Gasteiger partial charge in [0, 0.05) is 46.5 Å². The zero-order valence-corrected chi connectivity index (χ0v) is 24.1. The predicted molar refractivity (Wildman–Crippen MR) is 182 cm³/mol. The van der Waals surface area contributed by atoms with Crippen LogP contribution in [0.15, 0.2) is 133 Å². The maximum absolute atomic E-state index is 4.94. The van der Waals surface area contributed by atoms with Crippen molar-refractivity contribution in [2.75, 3.05) is 11.9 Å². The lowest BCUT2D eigenvalue weighted by atomic mass is 10.1. The van der Waals surface area contributed by atoms with Crippen LogP contribution in [0.2, 0.25) is 0 Å². The van der Waals surface area contributed by atoms with Gasteiger partial charge in [-0.25, -0.2) is 4.98 Å². The fourth-order valence-corrected chi connectivity index (χ4v) is 7.47. The molecule has 5 nitrogen and oxygen atoms in total. The van der Waals surface area contributed by atoms with E-state index in [0.29, 0.717) is 0 Å². The smallest absolute Gasteiger partial charge is 0.211 e. The molecule has 4 heterocycles. The zero-order chi connectivity index (χ0) is 28.9. The van der Waals surface area contributed by atoms with Crippen LogP contribution in [0.4, 0.5) is 5.95 Å². The van der Waals surface area contributed by atoms with Crippen molar-refractivity contribution in [2.24, 2.45) is 0 Å². The molecule has 0 saturated heterocycles. The molecule has 0 unspecified atom stereocenters. The second-order valence-corrected chi connectivity index (χ2v) is 11.8. The largest absolute Gasteiger partial charge is 0.341 e. The predicted octanol–water partition coefficient (Wildman–Crippen LogP) is 9.17. The Labute approximate surface area is 253 Å². The summed E-state index contributed by atoms with van der Waals surface area (Å²) in [5.41, 5.74) is 11.8. The minimum absolute atomic E-state index is 0.807. The molecule has 1 aliphatic heterocycles. The molecule has 0 amide bonds. The van der Waals surface area contributed by atoms with E-state index in [1.54, 1.807) is 0 Å². The number of para-hydroxylation sites is 5. The number of anilines is 1. The maximum atomic E-state index is 4.94. The van der Waals surface area contributed by atoms with E-state index in [2.05, 4.69) is 159 Å². The van der Waals surface area contributed by atoms with Crippen LogP contribution in [0, 0.1) is 0 Å². The first-order valence-corrected chi connectivity index (χ1v) is 15.1. The molecule has 6 aromatic carbocycles. The molecule has 0 bridgehead atoms. The van der Waals surface area contributed by atoms with Gasteiger partial charge >= 0.3 is 0 Å². The Kier molecular flexibility index (Phi) is 4.64. The summed E-state index contributed by atoms with van der Waals surface area (Å²) in [7, 11) is 2.13. The minimum Gasteiger partial charge on any atom is -0.341 e. The summed E-state index contributed by atoms with van der Waals surface area (Å²) in [5, 5.41) is 5.05. The quantitative estimate of drug-likeness (QED) is 0.209. The van der Waals surface area contributed by atoms with Crippen molar-refractivity contribution in [1.82, 2.24) is 18.7 Å². The lowest BCUT2D eigenvalue weighted by Gasteiger charge is -2.28. The van der Waals surface area contributed by atoms with Gasteiger partial charge in [-0.15, -0.1) is 0 Å². The summed E-state index contributed by atoms with van der Waals surface area (Å²) in [6, 6.07) is 48.4. The van der Waals surface area contributed by atoms with Crippen LogP contribution >= 0.6 is 0 Å². The second-order valence-electron chi connectivity index (χ2n) is 11.8. The van der Waals surface area contributed by atoms with Crippen molar-refractivity contribution in [3.8, 4) is 17.1 Å². The third-order valence-corrected chi connectivity index (χ3v) is 9.35. The Morgan fingerprint density at radius 3 is 1.68 bits per heavy atom. The molecule has 0 saturated carbocycles. The van der Waals surface area contributed by atoms with Crippen LogP contribution in [0.3, 0.4) is 0 Å². The number of fused-ring (bicyclic) bond motifs is 11. The van der Waals surface area contributed by atoms with Crippen molar-refractivity contribution in [2.45, 2.75) is 6.54 Å². The number of nitrogens with zero attached hydrogens (tertiary/aromatic N) is 5. The lowest BCUT2D eigenvalue weighted by Crippen LogP contribution is -2.26. The van der Waals surface area contributed by atoms with E-state index >= 15 is 0 Å². The topological polar surface area (TPSA) is 30.9 Å². The van der Waals surface area contributed by atoms with E-state index in [9.17, 15) is 0 Å². The molecule has 44 heavy (non-hydrogen) atoms. The molecule has 5 heteroatoms. The third kappa shape index (κ3) is 3.10. The van der Waals surface area contributed by atoms with Crippen LogP contribution < -0.4 is 4.90 Å². The van der Waals surface area contributed by atoms with Crippen LogP contribution in [0.1, 0.15) is 5.56 Å². The highest BCUT2D eigenvalue weighted by atomic mass is 15.3. The molecule has 0 atom stereocenters. The van der Waals surface area contributed by atoms with Crippen LogP contribution in [0.25, 0.3) is 71.7 Å². The zero-order valence-electron chi connectivity index (χ0n) is 24.1. The van der Waals surface area contributed by atoms with E-state index in [-0.39, 0.29) is 0 Å². The number of rotatable bonds is 2. The van der Waals surface area contributed by atoms with E-state index < -0.39 is 0 Å². The van der Waals surface area contributed by atoms with Gasteiger partial charge < -0.3 is 14.0 Å². The first-order valence-electron chi connectivity index (χ1n) is 15.1. The van der Waals surface area contributed by atoms with Crippen molar-refractivity contribution >= 4 is 60.6 Å². The average Bonchev–Trinajstić information content (AvgIpc) is 3.73. The Morgan fingerprint density at radius 1 is 0.477 bits per heavy atom. The average molecular weight is 566 g/mol. The fraction of sp³-hybridized carbons (Fsp3) is 0.0513. The van der Waals surface area contributed by atoms with Gasteiger partial charge in [-0.05, 0) is 72.3 Å². The minimum atomic E-state index is 0.807. The normalized spacial score (nSPS) is 13.0. The van der Waals surface area contributed by atoms with Gasteiger partial charge in [0.1, 0.15) is 0 Å². The summed E-state index contributed by atoms with van der Waals surface area (Å²) in [6.45, 7) is 0.807. The molecule has 0 fully saturated rings. The van der Waals surface area contributed by atoms with E-state index in [0.717, 1.165) is 23.5 Å². The van der Waals surface area contributed by atoms with Crippen molar-refractivity contribution in [3.05, 3.63) is 139 Å². The van der Waals surface area contributed by atoms with E-state index in [1.807, 2.05) is 0 Å². The van der Waals surface area contributed by atoms with Gasteiger partial charge in [0.25, 0.3) is 0 Å². The maximum Gasteiger partial charge on any atom is 0.211 e. The highest BCUT2D eigenvalue weighted by Crippen LogP contribution is 2.39. The summed E-state index contributed by atoms with van der Waals surface area (Å²) >= 11 is 0. The summed E-state index contributed by atoms with van der Waals surface area (Å²) in [6.07, 6.45) is 0. The monoisotopic (exact) mass is 565 g/mol. The number of hydrogen-bond donors (Lipinski definition) is 0. The summed E-state index contributed by atoms with van der Waals surface area (Å²) < 4.78 is 7.11. The lowest BCUT2D eigenvalue weighted by molar-refractivity contribution is 0.808. The molecule has 10 rings (SSSR count). The van der Waals surface area contributed by atoms with Gasteiger partial charge in [-0.2, -0.15) is 0 Å². The summed E-state index contributed by atoms with van der Waals surface area (Å²) in [4.78, 5) is 7.18. The van der Waals surface area contributed by atoms with Crippen LogP contribution in [0.5, 0.6) is 0 Å². The van der Waals surface area contributed by atoms with Gasteiger partial charge in [0.05, 0.1) is 38.8 Å². The van der Waals surface area contributed by atoms with Gasteiger partial charge in [0.15, 0.2) is 0 Å². The number of imidazole rings is 1. The molecule has 0 N–H and O–H groups in total. The van der Waals surface area contributed by atoms with Crippen LogP contribution in [-0.2, 0) is 6.54 Å². The standard InChI is InChI=1S/C39H27N5/c1-41-24-25-22-26(18-20-33(25)44-38-17-9-5-13-32(38)40-39(41)44)42-36-16-8-4-12-30(36)31-23-27(19-21-37(31)42)43-34-14-6-2-10-28(34)29-11-3-7-15-35(29)43/h2-23H,24H2,1H3. The molecule has 9 aromatic rings. The fourth-order valence-electron chi connectivity index (χ4n) is 7.47. The Balaban J connectivity index is 1.20. The van der Waals surface area contributed by atoms with E-state index in [1.165, 1.54) is 66.2 Å². The van der Waals surface area contributed by atoms with Crippen molar-refractivity contribution < 1.29 is 0 Å². The van der Waals surface area contributed by atoms with Crippen molar-refractivity contribution in [1.29, 1.82) is 0 Å². The molecule has 0 radical (unpaired) electrons. The molecule has 0 spiro atoms. The van der Waals surface area contributed by atoms with Crippen molar-refractivity contribution in [3.63, 3.8) is 0 Å². The first kappa shape index (κ1) is 23.7. The SMILES string of the molecule is CN1Cc2cc(-n3c4ccccc4c4cc(-n5c6ccccc6c6ccccc65)ccc43)ccc2-n2c1nc1ccccc12. The number of hydrogen-bond acceptors (Lipinski definition) is 2. The van der Waals surface area contributed by atoms with Crippen LogP contribution in [-0.4, -0.2) is 25.7 Å². The molecular weight excluding hydrogens is 538 g/mol. The second kappa shape index (κ2) is 8.62. The highest BCUT2D eigenvalue weighted by Gasteiger charge is 2.24. The molecule has 0 aliphatic carbocycles. The van der Waals surface area contributed by atoms with Gasteiger partial charge in [-0.3, -0.25) is 4.57 Å². The Hall–Kier alpha value is -5.81. The summed E-state index contributed by atoms with van der Waals surface area (Å²) in [5.74, 6) is 0.987. The molecule has 208 valence electrons. The first-order chi connectivity index (χ1) is 21.7. The molecular formula is C39H27N5. The molecule has 3 aromatic heterocycles. The number of benzene rings is 6. The Morgan fingerprint density at radius 2 is 1.00 bits per heavy atom. The third-order valence-electron chi connectivity index (χ3n) is 9.35. The van der Waals surface area contributed by atoms with E-state index in [4.69, 9.17) is 4.98 Å². The number of aromatic nitrogens is 4. The van der Waals surface area contributed by atoms with Gasteiger partial charge in [-0.1, -0.05) is 66.7 Å². The highest BCUT2D eigenvalue weighted by molar-refractivity contribution is 6.12.